The molecule has 2 N–H and O–H groups in total. The number of nitrogens with zero attached hydrogens (tertiary/aromatic N) is 3. The lowest BCUT2D eigenvalue weighted by molar-refractivity contribution is -0.145. The van der Waals surface area contributed by atoms with Crippen LogP contribution < -0.4 is 15.5 Å². The summed E-state index contributed by atoms with van der Waals surface area (Å²) in [5.74, 6) is -1.59. The van der Waals surface area contributed by atoms with Gasteiger partial charge in [-0.2, -0.15) is 5.10 Å². The van der Waals surface area contributed by atoms with Crippen molar-refractivity contribution in [2.24, 2.45) is 0 Å². The van der Waals surface area contributed by atoms with E-state index in [4.69, 9.17) is 25.8 Å². The second-order valence-electron chi connectivity index (χ2n) is 10.8. The van der Waals surface area contributed by atoms with Gasteiger partial charge in [0.25, 0.3) is 5.91 Å². The van der Waals surface area contributed by atoms with Crippen LogP contribution in [0.3, 0.4) is 0 Å². The van der Waals surface area contributed by atoms with Crippen LogP contribution in [0.5, 0.6) is 0 Å². The fourth-order valence-electron chi connectivity index (χ4n) is 4.64. The number of ether oxygens (including phenoxy) is 3. The lowest BCUT2D eigenvalue weighted by Crippen LogP contribution is -2.49. The zero-order chi connectivity index (χ0) is 30.3. The number of halogens is 1. The first-order valence-electron chi connectivity index (χ1n) is 13.3. The number of piperidine rings is 1. The van der Waals surface area contributed by atoms with Crippen molar-refractivity contribution in [3.05, 3.63) is 46.1 Å². The van der Waals surface area contributed by atoms with Crippen LogP contribution in [-0.2, 0) is 37.0 Å². The number of anilines is 1. The number of ketones is 1. The molecular formula is C28H38ClN5O7. The molecule has 0 radical (unpaired) electrons. The van der Waals surface area contributed by atoms with Crippen LogP contribution in [0, 0.1) is 0 Å². The quantitative estimate of drug-likeness (QED) is 0.315. The van der Waals surface area contributed by atoms with Crippen molar-refractivity contribution in [3.63, 3.8) is 0 Å². The van der Waals surface area contributed by atoms with Gasteiger partial charge in [-0.25, -0.2) is 14.3 Å². The van der Waals surface area contributed by atoms with Gasteiger partial charge in [0, 0.05) is 43.2 Å². The van der Waals surface area contributed by atoms with Crippen molar-refractivity contribution in [2.75, 3.05) is 32.2 Å². The number of methoxy groups -OCH3 is 2. The van der Waals surface area contributed by atoms with Gasteiger partial charge in [-0.15, -0.1) is 0 Å². The van der Waals surface area contributed by atoms with E-state index in [1.54, 1.807) is 37.6 Å². The van der Waals surface area contributed by atoms with Crippen LogP contribution in [0.25, 0.3) is 0 Å². The molecule has 1 aliphatic heterocycles. The van der Waals surface area contributed by atoms with Gasteiger partial charge in [0.1, 0.15) is 18.1 Å². The summed E-state index contributed by atoms with van der Waals surface area (Å²) >= 11 is 6.50. The lowest BCUT2D eigenvalue weighted by Gasteiger charge is -2.35. The van der Waals surface area contributed by atoms with Crippen LogP contribution in [0.15, 0.2) is 24.3 Å². The molecule has 13 heteroatoms. The average molecular weight is 592 g/mol. The molecule has 1 aromatic carbocycles. The van der Waals surface area contributed by atoms with E-state index in [0.717, 1.165) is 25.5 Å². The third kappa shape index (κ3) is 8.43. The van der Waals surface area contributed by atoms with Gasteiger partial charge in [-0.05, 0) is 52.2 Å². The maximum atomic E-state index is 13.6. The van der Waals surface area contributed by atoms with E-state index >= 15 is 0 Å². The van der Waals surface area contributed by atoms with Crippen molar-refractivity contribution in [2.45, 2.75) is 71.4 Å². The minimum absolute atomic E-state index is 0.00866. The van der Waals surface area contributed by atoms with Crippen molar-refractivity contribution in [3.8, 4) is 0 Å². The van der Waals surface area contributed by atoms with Gasteiger partial charge < -0.3 is 29.7 Å². The summed E-state index contributed by atoms with van der Waals surface area (Å²) in [6.45, 7) is 7.65. The molecule has 224 valence electrons. The van der Waals surface area contributed by atoms with Gasteiger partial charge >= 0.3 is 12.1 Å². The molecule has 0 spiro atoms. The first-order valence-corrected chi connectivity index (χ1v) is 13.7. The summed E-state index contributed by atoms with van der Waals surface area (Å²) < 4.78 is 17.1. The van der Waals surface area contributed by atoms with Crippen molar-refractivity contribution >= 4 is 41.2 Å². The molecule has 2 heterocycles. The second-order valence-corrected chi connectivity index (χ2v) is 11.2. The number of rotatable bonds is 10. The Labute approximate surface area is 244 Å². The highest BCUT2D eigenvalue weighted by atomic mass is 35.5. The molecule has 1 unspecified atom stereocenters. The average Bonchev–Trinajstić information content (AvgIpc) is 3.24. The number of benzene rings is 1. The number of hydrogen-bond acceptors (Lipinski definition) is 9. The summed E-state index contributed by atoms with van der Waals surface area (Å²) in [6, 6.07) is 5.52. The Hall–Kier alpha value is -3.64. The Bertz CT molecular complexity index is 1270. The zero-order valence-corrected chi connectivity index (χ0v) is 25.0. The first-order chi connectivity index (χ1) is 19.3. The number of nitrogens with one attached hydrogen (secondary N) is 2. The second kappa shape index (κ2) is 13.8. The Morgan fingerprint density at radius 3 is 2.49 bits per heavy atom. The number of esters is 1. The Morgan fingerprint density at radius 1 is 1.17 bits per heavy atom. The number of carbonyl (C=O) groups excluding carboxylic acids is 4. The number of alkyl carbamates (subject to hydrolysis) is 1. The minimum atomic E-state index is -1.49. The lowest BCUT2D eigenvalue weighted by atomic mass is 10.0. The molecule has 12 nitrogen and oxygen atoms in total. The fraction of sp³-hybridized carbons (Fsp3) is 0.536. The first kappa shape index (κ1) is 31.9. The topological polar surface area (TPSA) is 141 Å². The van der Waals surface area contributed by atoms with Gasteiger partial charge in [0.2, 0.25) is 0 Å². The number of Topliss-reactive ketones (excluding diaryl/α,β-unsaturated/α-hetero) is 1. The van der Waals surface area contributed by atoms with Crippen molar-refractivity contribution in [1.29, 1.82) is 0 Å². The van der Waals surface area contributed by atoms with Crippen molar-refractivity contribution in [1.82, 2.24) is 20.4 Å². The van der Waals surface area contributed by atoms with Gasteiger partial charge in [-0.3, -0.25) is 9.59 Å². The molecular weight excluding hydrogens is 554 g/mol. The molecule has 1 aliphatic rings. The van der Waals surface area contributed by atoms with E-state index in [2.05, 4.69) is 15.7 Å². The molecule has 0 bridgehead atoms. The summed E-state index contributed by atoms with van der Waals surface area (Å²) in [6.07, 6.45) is 1.20. The molecule has 2 aromatic rings. The van der Waals surface area contributed by atoms with E-state index in [1.165, 1.54) is 14.0 Å². The van der Waals surface area contributed by atoms with Gasteiger partial charge in [0.05, 0.1) is 7.11 Å². The predicted octanol–water partition coefficient (Wildman–Crippen LogP) is 3.09. The van der Waals surface area contributed by atoms with Crippen LogP contribution in [0.2, 0.25) is 5.02 Å². The van der Waals surface area contributed by atoms with Crippen LogP contribution in [-0.4, -0.2) is 78.5 Å². The summed E-state index contributed by atoms with van der Waals surface area (Å²) in [5, 5.41) is 10.5. The SMILES string of the molecule is COCn1nc(C(=O)NC(C(C)=O)C(=O)OC)c(Cc2ccccc2Cl)c1N1CCC[C@@H](NC(=O)OC(C)(C)C)C1. The Kier molecular flexibility index (Phi) is 10.7. The molecule has 0 saturated carbocycles. The zero-order valence-electron chi connectivity index (χ0n) is 24.3. The molecule has 41 heavy (non-hydrogen) atoms. The number of hydrogen-bond donors (Lipinski definition) is 2. The molecule has 2 atom stereocenters. The normalized spacial score (nSPS) is 16.1. The summed E-state index contributed by atoms with van der Waals surface area (Å²) in [7, 11) is 2.64. The van der Waals surface area contributed by atoms with E-state index in [1.807, 2.05) is 17.0 Å². The maximum absolute atomic E-state index is 13.6. The molecule has 1 aromatic heterocycles. The van der Waals surface area contributed by atoms with E-state index in [-0.39, 0.29) is 24.9 Å². The Morgan fingerprint density at radius 2 is 1.88 bits per heavy atom. The predicted molar refractivity (Wildman–Crippen MR) is 152 cm³/mol. The van der Waals surface area contributed by atoms with Crippen LogP contribution in [0.1, 0.15) is 62.2 Å². The van der Waals surface area contributed by atoms with Gasteiger partial charge in [0.15, 0.2) is 17.5 Å². The number of carbonyl (C=O) groups is 4. The largest absolute Gasteiger partial charge is 0.467 e. The van der Waals surface area contributed by atoms with E-state index in [0.29, 0.717) is 29.5 Å². The molecule has 1 fully saturated rings. The number of aromatic nitrogens is 2. The summed E-state index contributed by atoms with van der Waals surface area (Å²) in [4.78, 5) is 52.4. The fourth-order valence-corrected chi connectivity index (χ4v) is 4.84. The van der Waals surface area contributed by atoms with E-state index < -0.39 is 35.4 Å². The minimum Gasteiger partial charge on any atom is -0.467 e. The third-order valence-corrected chi connectivity index (χ3v) is 6.74. The maximum Gasteiger partial charge on any atom is 0.407 e. The van der Waals surface area contributed by atoms with Crippen LogP contribution in [0.4, 0.5) is 10.6 Å². The standard InChI is InChI=1S/C28H38ClN5O7/c1-17(35)22(26(37)40-6)31-24(36)23-20(14-18-10-7-8-12-21(18)29)25(34(32-23)16-39-5)33-13-9-11-19(15-33)30-27(38)41-28(2,3)4/h7-8,10,12,19,22H,9,11,13-16H2,1-6H3,(H,30,38)(H,31,36)/t19-,22?/m1/s1. The molecule has 3 rings (SSSR count). The smallest absolute Gasteiger partial charge is 0.407 e. The van der Waals surface area contributed by atoms with Crippen LogP contribution >= 0.6 is 11.6 Å². The molecule has 0 aliphatic carbocycles. The van der Waals surface area contributed by atoms with Crippen molar-refractivity contribution < 1.29 is 33.4 Å². The third-order valence-electron chi connectivity index (χ3n) is 6.37. The highest BCUT2D eigenvalue weighted by molar-refractivity contribution is 6.31. The molecule has 2 amide bonds. The van der Waals surface area contributed by atoms with E-state index in [9.17, 15) is 19.2 Å². The highest BCUT2D eigenvalue weighted by Gasteiger charge is 2.34. The monoisotopic (exact) mass is 591 g/mol. The molecule has 1 saturated heterocycles. The number of amides is 2. The van der Waals surface area contributed by atoms with Gasteiger partial charge in [-0.1, -0.05) is 29.8 Å². The highest BCUT2D eigenvalue weighted by Crippen LogP contribution is 2.31. The summed E-state index contributed by atoms with van der Waals surface area (Å²) in [5.41, 5.74) is 0.645. The Balaban J connectivity index is 2.04.